The lowest BCUT2D eigenvalue weighted by molar-refractivity contribution is 0.263. The summed E-state index contributed by atoms with van der Waals surface area (Å²) >= 11 is 0. The Labute approximate surface area is 109 Å². The van der Waals surface area contributed by atoms with Crippen LogP contribution in [-0.2, 0) is 0 Å². The highest BCUT2D eigenvalue weighted by molar-refractivity contribution is 5.62. The highest BCUT2D eigenvalue weighted by atomic mass is 15.3. The van der Waals surface area contributed by atoms with Gasteiger partial charge in [0.05, 0.1) is 11.3 Å². The molecule has 1 fully saturated rings. The third-order valence-electron chi connectivity index (χ3n) is 3.59. The summed E-state index contributed by atoms with van der Waals surface area (Å²) in [6.45, 7) is 10.7. The van der Waals surface area contributed by atoms with E-state index < -0.39 is 0 Å². The van der Waals surface area contributed by atoms with Gasteiger partial charge >= 0.3 is 0 Å². The monoisotopic (exact) mass is 243 g/mol. The molecule has 0 amide bonds. The van der Waals surface area contributed by atoms with Crippen molar-refractivity contribution in [3.8, 4) is 6.07 Å². The molecule has 1 aliphatic rings. The number of rotatable bonds is 1. The average molecular weight is 243 g/mol. The van der Waals surface area contributed by atoms with Gasteiger partial charge in [0.2, 0.25) is 0 Å². The van der Waals surface area contributed by atoms with E-state index in [1.807, 2.05) is 24.3 Å². The maximum atomic E-state index is 9.30. The molecular weight excluding hydrogens is 222 g/mol. The van der Waals surface area contributed by atoms with Gasteiger partial charge in [-0.15, -0.1) is 0 Å². The van der Waals surface area contributed by atoms with Crippen molar-refractivity contribution in [3.63, 3.8) is 0 Å². The smallest absolute Gasteiger partial charge is 0.101 e. The summed E-state index contributed by atoms with van der Waals surface area (Å²) in [6, 6.07) is 10.2. The minimum absolute atomic E-state index is 0.00525. The van der Waals surface area contributed by atoms with Crippen LogP contribution in [0.2, 0.25) is 0 Å². The molecule has 0 spiro atoms. The average Bonchev–Trinajstić information content (AvgIpc) is 2.27. The van der Waals surface area contributed by atoms with Crippen molar-refractivity contribution in [2.75, 3.05) is 18.0 Å². The Morgan fingerprint density at radius 3 is 2.22 bits per heavy atom. The van der Waals surface area contributed by atoms with Crippen LogP contribution in [0.5, 0.6) is 0 Å². The summed E-state index contributed by atoms with van der Waals surface area (Å²) in [5, 5.41) is 12.8. The number of hydrogen-bond donors (Lipinski definition) is 1. The summed E-state index contributed by atoms with van der Waals surface area (Å²) in [5.41, 5.74) is 1.78. The van der Waals surface area contributed by atoms with Crippen molar-refractivity contribution < 1.29 is 0 Å². The lowest BCUT2D eigenvalue weighted by Crippen LogP contribution is -2.68. The van der Waals surface area contributed by atoms with Gasteiger partial charge in [-0.05, 0) is 39.8 Å². The molecule has 1 aromatic carbocycles. The topological polar surface area (TPSA) is 39.1 Å². The molecule has 0 aliphatic carbocycles. The second-order valence-electron chi connectivity index (χ2n) is 6.19. The van der Waals surface area contributed by atoms with Crippen LogP contribution in [-0.4, -0.2) is 24.2 Å². The number of para-hydroxylation sites is 1. The normalized spacial score (nSPS) is 21.4. The van der Waals surface area contributed by atoms with Crippen molar-refractivity contribution in [1.29, 1.82) is 5.26 Å². The molecule has 0 aromatic heterocycles. The highest BCUT2D eigenvalue weighted by Crippen LogP contribution is 2.36. The van der Waals surface area contributed by atoms with Crippen molar-refractivity contribution >= 4 is 5.69 Å². The van der Waals surface area contributed by atoms with Gasteiger partial charge in [0, 0.05) is 24.2 Å². The Hall–Kier alpha value is -1.53. The fraction of sp³-hybridized carbons (Fsp3) is 0.533. The molecule has 0 atom stereocenters. The van der Waals surface area contributed by atoms with Gasteiger partial charge in [0.1, 0.15) is 6.07 Å². The van der Waals surface area contributed by atoms with Crippen LogP contribution in [0.4, 0.5) is 5.69 Å². The number of nitrogens with zero attached hydrogens (tertiary/aromatic N) is 2. The molecule has 2 rings (SSSR count). The van der Waals surface area contributed by atoms with Gasteiger partial charge < -0.3 is 10.2 Å². The summed E-state index contributed by atoms with van der Waals surface area (Å²) in [7, 11) is 0. The largest absolute Gasteiger partial charge is 0.358 e. The zero-order valence-corrected chi connectivity index (χ0v) is 11.6. The van der Waals surface area contributed by atoms with Crippen LogP contribution in [0.3, 0.4) is 0 Å². The summed E-state index contributed by atoms with van der Waals surface area (Å²) < 4.78 is 0. The second kappa shape index (κ2) is 4.29. The SMILES string of the molecule is CC1(C)CNCC(C)(C)N1c1ccccc1C#N. The van der Waals surface area contributed by atoms with E-state index in [0.717, 1.165) is 24.3 Å². The van der Waals surface area contributed by atoms with E-state index in [1.54, 1.807) is 0 Å². The molecule has 1 aliphatic heterocycles. The van der Waals surface area contributed by atoms with Crippen LogP contribution >= 0.6 is 0 Å². The van der Waals surface area contributed by atoms with Crippen molar-refractivity contribution in [2.45, 2.75) is 38.8 Å². The molecule has 96 valence electrons. The lowest BCUT2D eigenvalue weighted by atomic mass is 9.87. The predicted octanol–water partition coefficient (Wildman–Crippen LogP) is 2.53. The first kappa shape index (κ1) is 12.9. The van der Waals surface area contributed by atoms with Crippen molar-refractivity contribution in [2.24, 2.45) is 0 Å². The molecule has 1 N–H and O–H groups in total. The van der Waals surface area contributed by atoms with Crippen molar-refractivity contribution in [3.05, 3.63) is 29.8 Å². The third-order valence-corrected chi connectivity index (χ3v) is 3.59. The Kier molecular flexibility index (Phi) is 3.08. The van der Waals surface area contributed by atoms with Gasteiger partial charge in [-0.1, -0.05) is 12.1 Å². The first-order chi connectivity index (χ1) is 8.38. The predicted molar refractivity (Wildman–Crippen MR) is 74.7 cm³/mol. The highest BCUT2D eigenvalue weighted by Gasteiger charge is 2.41. The first-order valence-electron chi connectivity index (χ1n) is 6.39. The lowest BCUT2D eigenvalue weighted by Gasteiger charge is -2.54. The molecule has 3 heteroatoms. The Balaban J connectivity index is 2.55. The fourth-order valence-corrected chi connectivity index (χ4v) is 3.07. The molecule has 3 nitrogen and oxygen atoms in total. The summed E-state index contributed by atoms with van der Waals surface area (Å²) in [6.07, 6.45) is 0. The number of anilines is 1. The second-order valence-corrected chi connectivity index (χ2v) is 6.19. The molecule has 0 radical (unpaired) electrons. The van der Waals surface area contributed by atoms with E-state index in [0.29, 0.717) is 0 Å². The number of nitrogens with one attached hydrogen (secondary N) is 1. The fourth-order valence-electron chi connectivity index (χ4n) is 3.07. The van der Waals surface area contributed by atoms with Crippen LogP contribution in [0.1, 0.15) is 33.3 Å². The van der Waals surface area contributed by atoms with Gasteiger partial charge in [-0.25, -0.2) is 0 Å². The zero-order valence-electron chi connectivity index (χ0n) is 11.6. The van der Waals surface area contributed by atoms with E-state index in [9.17, 15) is 5.26 Å². The Morgan fingerprint density at radius 1 is 1.11 bits per heavy atom. The Bertz CT molecular complexity index is 467. The van der Waals surface area contributed by atoms with Gasteiger partial charge in [0.25, 0.3) is 0 Å². The molecule has 1 aromatic rings. The van der Waals surface area contributed by atoms with Crippen molar-refractivity contribution in [1.82, 2.24) is 5.32 Å². The number of benzene rings is 1. The van der Waals surface area contributed by atoms with E-state index in [1.165, 1.54) is 0 Å². The molecule has 1 heterocycles. The van der Waals surface area contributed by atoms with E-state index in [-0.39, 0.29) is 11.1 Å². The van der Waals surface area contributed by atoms with E-state index in [4.69, 9.17) is 0 Å². The van der Waals surface area contributed by atoms with Gasteiger partial charge in [-0.3, -0.25) is 0 Å². The van der Waals surface area contributed by atoms with E-state index >= 15 is 0 Å². The third kappa shape index (κ3) is 2.09. The maximum absolute atomic E-state index is 9.30. The summed E-state index contributed by atoms with van der Waals surface area (Å²) in [4.78, 5) is 2.38. The number of hydrogen-bond acceptors (Lipinski definition) is 3. The van der Waals surface area contributed by atoms with Crippen LogP contribution in [0.15, 0.2) is 24.3 Å². The van der Waals surface area contributed by atoms with Crippen LogP contribution < -0.4 is 10.2 Å². The summed E-state index contributed by atoms with van der Waals surface area (Å²) in [5.74, 6) is 0. The molecule has 1 saturated heterocycles. The Morgan fingerprint density at radius 2 is 1.67 bits per heavy atom. The van der Waals surface area contributed by atoms with Crippen LogP contribution in [0.25, 0.3) is 0 Å². The maximum Gasteiger partial charge on any atom is 0.101 e. The molecular formula is C15H21N3. The quantitative estimate of drug-likeness (QED) is 0.823. The molecule has 0 unspecified atom stereocenters. The van der Waals surface area contributed by atoms with Gasteiger partial charge in [-0.2, -0.15) is 5.26 Å². The standard InChI is InChI=1S/C15H21N3/c1-14(2)10-17-11-15(3,4)18(14)13-8-6-5-7-12(13)9-16/h5-8,17H,10-11H2,1-4H3. The van der Waals surface area contributed by atoms with E-state index in [2.05, 4.69) is 44.0 Å². The molecule has 0 saturated carbocycles. The zero-order chi connectivity index (χ0) is 13.4. The van der Waals surface area contributed by atoms with Gasteiger partial charge in [0.15, 0.2) is 0 Å². The number of nitriles is 1. The molecule has 0 bridgehead atoms. The minimum atomic E-state index is -0.00525. The van der Waals surface area contributed by atoms with Crippen LogP contribution in [0, 0.1) is 11.3 Å². The minimum Gasteiger partial charge on any atom is -0.358 e. The first-order valence-corrected chi connectivity index (χ1v) is 6.39. The molecule has 18 heavy (non-hydrogen) atoms. The number of piperazine rings is 1.